The molecule has 16 heavy (non-hydrogen) atoms. The summed E-state index contributed by atoms with van der Waals surface area (Å²) in [7, 11) is 1.68. The lowest BCUT2D eigenvalue weighted by molar-refractivity contribution is 0.190. The number of hydrogen-bond donors (Lipinski definition) is 1. The van der Waals surface area contributed by atoms with Gasteiger partial charge in [0.1, 0.15) is 12.1 Å². The molecule has 0 aliphatic rings. The summed E-state index contributed by atoms with van der Waals surface area (Å²) in [4.78, 5) is 8.26. The zero-order chi connectivity index (χ0) is 12.0. The standard InChI is InChI=1S/C11H19N3O2/c1-5-16-11-9(3)10(12-7-13-11)14-8(2)6-15-4/h7-8H,5-6H2,1-4H3,(H,12,13,14). The smallest absolute Gasteiger partial charge is 0.221 e. The Morgan fingerprint density at radius 1 is 1.44 bits per heavy atom. The maximum absolute atomic E-state index is 5.40. The minimum atomic E-state index is 0.202. The molecule has 0 saturated heterocycles. The number of nitrogens with zero attached hydrogens (tertiary/aromatic N) is 2. The Kier molecular flexibility index (Phi) is 4.98. The largest absolute Gasteiger partial charge is 0.478 e. The van der Waals surface area contributed by atoms with Crippen molar-refractivity contribution in [3.8, 4) is 5.88 Å². The van der Waals surface area contributed by atoms with Crippen LogP contribution in [0, 0.1) is 6.92 Å². The fourth-order valence-electron chi connectivity index (χ4n) is 1.39. The van der Waals surface area contributed by atoms with Crippen LogP contribution in [0.1, 0.15) is 19.4 Å². The molecule has 0 fully saturated rings. The van der Waals surface area contributed by atoms with E-state index in [1.54, 1.807) is 7.11 Å². The van der Waals surface area contributed by atoms with Gasteiger partial charge in [0.25, 0.3) is 0 Å². The molecule has 1 unspecified atom stereocenters. The minimum Gasteiger partial charge on any atom is -0.478 e. The number of nitrogens with one attached hydrogen (secondary N) is 1. The molecule has 1 aromatic heterocycles. The van der Waals surface area contributed by atoms with Gasteiger partial charge in [-0.1, -0.05) is 0 Å². The predicted octanol–water partition coefficient (Wildman–Crippen LogP) is 1.63. The van der Waals surface area contributed by atoms with Crippen molar-refractivity contribution in [2.75, 3.05) is 25.6 Å². The molecule has 90 valence electrons. The number of aromatic nitrogens is 2. The molecule has 1 N–H and O–H groups in total. The third-order valence-electron chi connectivity index (χ3n) is 2.12. The summed E-state index contributed by atoms with van der Waals surface area (Å²) in [5, 5.41) is 3.25. The van der Waals surface area contributed by atoms with Gasteiger partial charge >= 0.3 is 0 Å². The van der Waals surface area contributed by atoms with Crippen LogP contribution in [0.2, 0.25) is 0 Å². The van der Waals surface area contributed by atoms with E-state index in [0.29, 0.717) is 19.1 Å². The van der Waals surface area contributed by atoms with Gasteiger partial charge in [-0.2, -0.15) is 0 Å². The van der Waals surface area contributed by atoms with E-state index >= 15 is 0 Å². The van der Waals surface area contributed by atoms with E-state index in [2.05, 4.69) is 15.3 Å². The Bertz CT molecular complexity index is 331. The van der Waals surface area contributed by atoms with Crippen LogP contribution < -0.4 is 10.1 Å². The van der Waals surface area contributed by atoms with Crippen molar-refractivity contribution < 1.29 is 9.47 Å². The summed E-state index contributed by atoms with van der Waals surface area (Å²) in [5.41, 5.74) is 0.923. The molecule has 0 bridgehead atoms. The normalized spacial score (nSPS) is 12.2. The summed E-state index contributed by atoms with van der Waals surface area (Å²) >= 11 is 0. The molecule has 1 atom stereocenters. The minimum absolute atomic E-state index is 0.202. The summed E-state index contributed by atoms with van der Waals surface area (Å²) in [6.45, 7) is 7.14. The van der Waals surface area contributed by atoms with Crippen LogP contribution >= 0.6 is 0 Å². The van der Waals surface area contributed by atoms with Crippen LogP contribution in [-0.2, 0) is 4.74 Å². The van der Waals surface area contributed by atoms with Gasteiger partial charge in [0.2, 0.25) is 5.88 Å². The lowest BCUT2D eigenvalue weighted by Gasteiger charge is -2.16. The Labute approximate surface area is 96.2 Å². The summed E-state index contributed by atoms with van der Waals surface area (Å²) < 4.78 is 10.5. The van der Waals surface area contributed by atoms with E-state index in [9.17, 15) is 0 Å². The zero-order valence-corrected chi connectivity index (χ0v) is 10.3. The molecule has 0 aliphatic carbocycles. The second-order valence-corrected chi connectivity index (χ2v) is 3.59. The summed E-state index contributed by atoms with van der Waals surface area (Å²) in [6, 6.07) is 0.202. The van der Waals surface area contributed by atoms with E-state index in [1.807, 2.05) is 20.8 Å². The van der Waals surface area contributed by atoms with Crippen LogP contribution in [0.4, 0.5) is 5.82 Å². The molecule has 5 nitrogen and oxygen atoms in total. The number of anilines is 1. The monoisotopic (exact) mass is 225 g/mol. The van der Waals surface area contributed by atoms with Gasteiger partial charge in [-0.05, 0) is 20.8 Å². The van der Waals surface area contributed by atoms with Crippen molar-refractivity contribution in [2.45, 2.75) is 26.8 Å². The highest BCUT2D eigenvalue weighted by Gasteiger charge is 2.09. The third-order valence-corrected chi connectivity index (χ3v) is 2.12. The second kappa shape index (κ2) is 6.27. The SMILES string of the molecule is CCOc1ncnc(NC(C)COC)c1C. The van der Waals surface area contributed by atoms with Gasteiger partial charge in [-0.15, -0.1) is 0 Å². The maximum Gasteiger partial charge on any atom is 0.221 e. The number of hydrogen-bond acceptors (Lipinski definition) is 5. The zero-order valence-electron chi connectivity index (χ0n) is 10.3. The molecule has 0 amide bonds. The lowest BCUT2D eigenvalue weighted by atomic mass is 10.3. The van der Waals surface area contributed by atoms with Crippen molar-refractivity contribution in [3.05, 3.63) is 11.9 Å². The fraction of sp³-hybridized carbons (Fsp3) is 0.636. The van der Waals surface area contributed by atoms with Crippen molar-refractivity contribution in [3.63, 3.8) is 0 Å². The van der Waals surface area contributed by atoms with Crippen molar-refractivity contribution in [2.24, 2.45) is 0 Å². The topological polar surface area (TPSA) is 56.3 Å². The molecule has 0 aliphatic heterocycles. The van der Waals surface area contributed by atoms with Crippen LogP contribution in [0.5, 0.6) is 5.88 Å². The van der Waals surface area contributed by atoms with Gasteiger partial charge < -0.3 is 14.8 Å². The lowest BCUT2D eigenvalue weighted by Crippen LogP contribution is -2.22. The highest BCUT2D eigenvalue weighted by molar-refractivity contribution is 5.48. The highest BCUT2D eigenvalue weighted by atomic mass is 16.5. The Morgan fingerprint density at radius 3 is 2.81 bits per heavy atom. The Morgan fingerprint density at radius 2 is 2.19 bits per heavy atom. The average Bonchev–Trinajstić information content (AvgIpc) is 2.24. The average molecular weight is 225 g/mol. The fourth-order valence-corrected chi connectivity index (χ4v) is 1.39. The molecule has 0 spiro atoms. The quantitative estimate of drug-likeness (QED) is 0.797. The molecule has 0 radical (unpaired) electrons. The number of ether oxygens (including phenoxy) is 2. The first kappa shape index (κ1) is 12.7. The van der Waals surface area contributed by atoms with Crippen LogP contribution in [0.25, 0.3) is 0 Å². The maximum atomic E-state index is 5.40. The molecule has 1 aromatic rings. The third kappa shape index (κ3) is 3.34. The number of methoxy groups -OCH3 is 1. The Hall–Kier alpha value is -1.36. The molecular formula is C11H19N3O2. The molecule has 1 heterocycles. The molecule has 1 rings (SSSR count). The summed E-state index contributed by atoms with van der Waals surface area (Å²) in [6.07, 6.45) is 1.50. The first-order chi connectivity index (χ1) is 7.69. The van der Waals surface area contributed by atoms with E-state index in [0.717, 1.165) is 11.4 Å². The van der Waals surface area contributed by atoms with Crippen LogP contribution in [-0.4, -0.2) is 36.3 Å². The van der Waals surface area contributed by atoms with E-state index in [4.69, 9.17) is 9.47 Å². The van der Waals surface area contributed by atoms with Gasteiger partial charge in [-0.25, -0.2) is 9.97 Å². The molecular weight excluding hydrogens is 206 g/mol. The van der Waals surface area contributed by atoms with Crippen molar-refractivity contribution in [1.29, 1.82) is 0 Å². The van der Waals surface area contributed by atoms with E-state index in [1.165, 1.54) is 6.33 Å². The van der Waals surface area contributed by atoms with Gasteiger partial charge in [-0.3, -0.25) is 0 Å². The number of rotatable bonds is 6. The van der Waals surface area contributed by atoms with Crippen LogP contribution in [0.15, 0.2) is 6.33 Å². The first-order valence-electron chi connectivity index (χ1n) is 5.38. The van der Waals surface area contributed by atoms with Crippen molar-refractivity contribution >= 4 is 5.82 Å². The second-order valence-electron chi connectivity index (χ2n) is 3.59. The van der Waals surface area contributed by atoms with Crippen LogP contribution in [0.3, 0.4) is 0 Å². The summed E-state index contributed by atoms with van der Waals surface area (Å²) in [5.74, 6) is 1.42. The highest BCUT2D eigenvalue weighted by Crippen LogP contribution is 2.20. The van der Waals surface area contributed by atoms with Crippen molar-refractivity contribution in [1.82, 2.24) is 9.97 Å². The predicted molar refractivity (Wildman–Crippen MR) is 62.9 cm³/mol. The molecule has 5 heteroatoms. The molecule has 0 aromatic carbocycles. The van der Waals surface area contributed by atoms with E-state index < -0.39 is 0 Å². The van der Waals surface area contributed by atoms with Gasteiger partial charge in [0.05, 0.1) is 18.8 Å². The Balaban J connectivity index is 2.76. The van der Waals surface area contributed by atoms with E-state index in [-0.39, 0.29) is 6.04 Å². The van der Waals surface area contributed by atoms with Gasteiger partial charge in [0.15, 0.2) is 0 Å². The molecule has 0 saturated carbocycles. The first-order valence-corrected chi connectivity index (χ1v) is 5.38. The van der Waals surface area contributed by atoms with Gasteiger partial charge in [0, 0.05) is 13.2 Å².